The summed E-state index contributed by atoms with van der Waals surface area (Å²) in [7, 11) is 0. The Kier molecular flexibility index (Phi) is 5.65. The van der Waals surface area contributed by atoms with E-state index in [1.54, 1.807) is 0 Å². The third kappa shape index (κ3) is 3.25. The largest absolute Gasteiger partial charge is 0.458 e. The molecule has 2 aliphatic heterocycles. The summed E-state index contributed by atoms with van der Waals surface area (Å²) < 4.78 is 16.9. The van der Waals surface area contributed by atoms with E-state index < -0.39 is 67.5 Å². The normalized spacial score (nSPS) is 48.9. The fourth-order valence-corrected chi connectivity index (χ4v) is 5.25. The molecule has 9 nitrogen and oxygen atoms in total. The van der Waals surface area contributed by atoms with Gasteiger partial charge in [0.15, 0.2) is 6.29 Å². The van der Waals surface area contributed by atoms with Gasteiger partial charge in [0.2, 0.25) is 0 Å². The maximum atomic E-state index is 12.1. The molecule has 30 heavy (non-hydrogen) atoms. The third-order valence-corrected chi connectivity index (χ3v) is 6.92. The summed E-state index contributed by atoms with van der Waals surface area (Å²) in [5, 5.41) is 50.2. The van der Waals surface area contributed by atoms with Crippen LogP contribution in [0.5, 0.6) is 0 Å². The van der Waals surface area contributed by atoms with Crippen molar-refractivity contribution in [2.45, 2.75) is 61.9 Å². The molecule has 0 radical (unpaired) electrons. The first-order chi connectivity index (χ1) is 14.1. The zero-order valence-electron chi connectivity index (χ0n) is 16.5. The van der Waals surface area contributed by atoms with Crippen molar-refractivity contribution in [3.63, 3.8) is 0 Å². The maximum Gasteiger partial charge on any atom is 0.334 e. The second-order valence-corrected chi connectivity index (χ2v) is 8.62. The minimum atomic E-state index is -1.55. The average Bonchev–Trinajstić information content (AvgIpc) is 3.15. The average molecular weight is 424 g/mol. The molecule has 0 aromatic rings. The van der Waals surface area contributed by atoms with Crippen LogP contribution in [0.25, 0.3) is 0 Å². The maximum absolute atomic E-state index is 12.1. The van der Waals surface area contributed by atoms with E-state index in [9.17, 15) is 30.3 Å². The predicted molar refractivity (Wildman–Crippen MR) is 102 cm³/mol. The number of esters is 1. The van der Waals surface area contributed by atoms with Crippen molar-refractivity contribution in [2.75, 3.05) is 6.61 Å². The first-order valence-electron chi connectivity index (χ1n) is 10.1. The van der Waals surface area contributed by atoms with Gasteiger partial charge in [-0.15, -0.1) is 0 Å². The van der Waals surface area contributed by atoms with Crippen LogP contribution in [0, 0.1) is 17.8 Å². The Labute approximate surface area is 173 Å². The van der Waals surface area contributed by atoms with Gasteiger partial charge in [0, 0.05) is 11.5 Å². The van der Waals surface area contributed by atoms with E-state index in [2.05, 4.69) is 19.7 Å². The van der Waals surface area contributed by atoms with Gasteiger partial charge in [-0.3, -0.25) is 0 Å². The summed E-state index contributed by atoms with van der Waals surface area (Å²) in [6, 6.07) is 0. The van der Waals surface area contributed by atoms with Crippen LogP contribution in [0.3, 0.4) is 0 Å². The Hall–Kier alpha value is -1.59. The highest BCUT2D eigenvalue weighted by atomic mass is 16.7. The van der Waals surface area contributed by atoms with E-state index in [4.69, 9.17) is 14.2 Å². The van der Waals surface area contributed by atoms with E-state index in [1.165, 1.54) is 0 Å². The van der Waals surface area contributed by atoms with Crippen molar-refractivity contribution >= 4 is 5.97 Å². The van der Waals surface area contributed by atoms with Gasteiger partial charge in [-0.2, -0.15) is 0 Å². The summed E-state index contributed by atoms with van der Waals surface area (Å²) in [4.78, 5) is 12.1. The lowest BCUT2D eigenvalue weighted by molar-refractivity contribution is -0.308. The van der Waals surface area contributed by atoms with Crippen molar-refractivity contribution in [3.05, 3.63) is 36.5 Å². The molecular weight excluding hydrogens is 396 g/mol. The van der Waals surface area contributed by atoms with Crippen LogP contribution in [-0.4, -0.2) is 87.1 Å². The molecule has 2 saturated heterocycles. The number of hydrogen-bond acceptors (Lipinski definition) is 9. The monoisotopic (exact) mass is 424 g/mol. The molecule has 4 rings (SSSR count). The first-order valence-corrected chi connectivity index (χ1v) is 10.1. The van der Waals surface area contributed by atoms with Crippen LogP contribution in [0.15, 0.2) is 36.5 Å². The van der Waals surface area contributed by atoms with Gasteiger partial charge in [-0.1, -0.05) is 25.3 Å². The molecular formula is C21H28O9. The van der Waals surface area contributed by atoms with Crippen LogP contribution in [-0.2, 0) is 19.0 Å². The molecule has 0 amide bonds. The first kappa shape index (κ1) is 21.6. The molecule has 2 saturated carbocycles. The number of hydrogen-bond donors (Lipinski definition) is 5. The second-order valence-electron chi connectivity index (χ2n) is 8.62. The van der Waals surface area contributed by atoms with Crippen molar-refractivity contribution in [3.8, 4) is 0 Å². The zero-order valence-corrected chi connectivity index (χ0v) is 16.5. The van der Waals surface area contributed by atoms with Crippen molar-refractivity contribution < 1.29 is 44.5 Å². The Balaban J connectivity index is 1.56. The van der Waals surface area contributed by atoms with E-state index in [-0.39, 0.29) is 23.8 Å². The molecule has 11 atom stereocenters. The van der Waals surface area contributed by atoms with Gasteiger partial charge in [0.25, 0.3) is 0 Å². The van der Waals surface area contributed by atoms with Crippen LogP contribution in [0.4, 0.5) is 0 Å². The SMILES string of the molecule is C=C1C(=O)O[C@@H]2[C@H]3C(=C)[C@@H](O[C@H]4O[C@@H](CO)[C@H](O)[C@H](O)[C@@H]4O)C[C@H]3C(=C)C[C@H](O)[C@@H]12. The Morgan fingerprint density at radius 2 is 1.73 bits per heavy atom. The zero-order chi connectivity index (χ0) is 21.9. The molecule has 0 aromatic heterocycles. The van der Waals surface area contributed by atoms with Gasteiger partial charge in [0.05, 0.1) is 24.7 Å². The summed E-state index contributed by atoms with van der Waals surface area (Å²) in [5.74, 6) is -1.62. The van der Waals surface area contributed by atoms with Gasteiger partial charge < -0.3 is 39.7 Å². The molecule has 0 spiro atoms. The smallest absolute Gasteiger partial charge is 0.334 e. The number of carbonyl (C=O) groups is 1. The molecule has 4 fully saturated rings. The summed E-state index contributed by atoms with van der Waals surface area (Å²) in [5.41, 5.74) is 1.61. The highest BCUT2D eigenvalue weighted by Crippen LogP contribution is 2.53. The number of carbonyl (C=O) groups excluding carboxylic acids is 1. The highest BCUT2D eigenvalue weighted by molar-refractivity contribution is 5.91. The number of aliphatic hydroxyl groups excluding tert-OH is 5. The molecule has 0 unspecified atom stereocenters. The van der Waals surface area contributed by atoms with Gasteiger partial charge in [-0.25, -0.2) is 4.79 Å². The minimum Gasteiger partial charge on any atom is -0.458 e. The Bertz CT molecular complexity index is 762. The molecule has 2 heterocycles. The third-order valence-electron chi connectivity index (χ3n) is 6.92. The lowest BCUT2D eigenvalue weighted by atomic mass is 9.81. The van der Waals surface area contributed by atoms with Crippen molar-refractivity contribution in [1.82, 2.24) is 0 Å². The molecule has 4 aliphatic rings. The van der Waals surface area contributed by atoms with Crippen LogP contribution in [0.2, 0.25) is 0 Å². The lowest BCUT2D eigenvalue weighted by Crippen LogP contribution is -2.59. The van der Waals surface area contributed by atoms with E-state index in [0.717, 1.165) is 5.57 Å². The van der Waals surface area contributed by atoms with E-state index in [0.29, 0.717) is 12.0 Å². The van der Waals surface area contributed by atoms with Gasteiger partial charge in [-0.05, 0) is 24.3 Å². The predicted octanol–water partition coefficient (Wildman–Crippen LogP) is -1.22. The van der Waals surface area contributed by atoms with E-state index in [1.807, 2.05) is 0 Å². The molecule has 166 valence electrons. The molecule has 2 aliphatic carbocycles. The fourth-order valence-electron chi connectivity index (χ4n) is 5.25. The van der Waals surface area contributed by atoms with E-state index >= 15 is 0 Å². The Morgan fingerprint density at radius 1 is 1.03 bits per heavy atom. The number of ether oxygens (including phenoxy) is 3. The molecule has 0 bridgehead atoms. The fraction of sp³-hybridized carbons (Fsp3) is 0.667. The van der Waals surface area contributed by atoms with Crippen molar-refractivity contribution in [1.29, 1.82) is 0 Å². The standard InChI is InChI=1S/C21H28O9/c1-7-4-11(23)15-9(3)20(27)30-19(15)14-8(2)12(5-10(7)14)28-21-18(26)17(25)16(24)13(6-22)29-21/h10-19,21-26H,1-6H2/t10-,11-,12-,13-,14-,15+,16-,17-,18-,19+,21-/m0/s1. The van der Waals surface area contributed by atoms with Crippen LogP contribution >= 0.6 is 0 Å². The van der Waals surface area contributed by atoms with Gasteiger partial charge >= 0.3 is 5.97 Å². The number of aliphatic hydroxyl groups is 5. The lowest BCUT2D eigenvalue weighted by Gasteiger charge is -2.40. The topological polar surface area (TPSA) is 146 Å². The second kappa shape index (κ2) is 7.83. The van der Waals surface area contributed by atoms with Gasteiger partial charge in [0.1, 0.15) is 30.5 Å². The molecule has 0 aromatic carbocycles. The minimum absolute atomic E-state index is 0.171. The Morgan fingerprint density at radius 3 is 2.40 bits per heavy atom. The quantitative estimate of drug-likeness (QED) is 0.214. The number of fused-ring (bicyclic) bond motifs is 3. The highest BCUT2D eigenvalue weighted by Gasteiger charge is 2.56. The van der Waals surface area contributed by atoms with Crippen molar-refractivity contribution in [2.24, 2.45) is 17.8 Å². The number of rotatable bonds is 3. The molecule has 9 heteroatoms. The summed E-state index contributed by atoms with van der Waals surface area (Å²) >= 11 is 0. The summed E-state index contributed by atoms with van der Waals surface area (Å²) in [6.45, 7) is 11.5. The molecule has 5 N–H and O–H groups in total. The van der Waals surface area contributed by atoms with Crippen LogP contribution < -0.4 is 0 Å². The van der Waals surface area contributed by atoms with Crippen LogP contribution in [0.1, 0.15) is 12.8 Å². The summed E-state index contributed by atoms with van der Waals surface area (Å²) in [6.07, 6.45) is -8.30.